The van der Waals surface area contributed by atoms with Crippen LogP contribution < -0.4 is 11.2 Å². The van der Waals surface area contributed by atoms with Gasteiger partial charge >= 0.3 is 0 Å². The number of nitrogens with one attached hydrogen (secondary N) is 2. The number of aromatic amines is 1. The molecule has 0 fully saturated rings. The number of aromatic nitrogens is 1. The Morgan fingerprint density at radius 3 is 2.73 bits per heavy atom. The predicted octanol–water partition coefficient (Wildman–Crippen LogP) is 1.77. The first-order valence-electron chi connectivity index (χ1n) is 7.53. The highest BCUT2D eigenvalue weighted by Crippen LogP contribution is 2.28. The number of H-pyrrole nitrogens is 1. The van der Waals surface area contributed by atoms with E-state index >= 15 is 0 Å². The summed E-state index contributed by atoms with van der Waals surface area (Å²) in [5.41, 5.74) is 10.5. The van der Waals surface area contributed by atoms with Crippen LogP contribution in [0.1, 0.15) is 10.4 Å². The molecule has 0 saturated heterocycles. The maximum absolute atomic E-state index is 12.3. The molecule has 0 atom stereocenters. The van der Waals surface area contributed by atoms with Crippen LogP contribution in [0.3, 0.4) is 0 Å². The van der Waals surface area contributed by atoms with Crippen molar-refractivity contribution in [1.29, 1.82) is 0 Å². The average Bonchev–Trinajstić information content (AvgIpc) is 3.08. The summed E-state index contributed by atoms with van der Waals surface area (Å²) in [4.78, 5) is 19.0. The summed E-state index contributed by atoms with van der Waals surface area (Å²) >= 11 is 0. The third-order valence-corrected chi connectivity index (χ3v) is 3.92. The van der Waals surface area contributed by atoms with Gasteiger partial charge in [0.1, 0.15) is 0 Å². The van der Waals surface area contributed by atoms with Gasteiger partial charge in [0.15, 0.2) is 0 Å². The summed E-state index contributed by atoms with van der Waals surface area (Å²) in [5.74, 6) is -1.09. The minimum absolute atomic E-state index is 0.305. The number of hydrogen-bond acceptors (Lipinski definition) is 4. The molecule has 2 aromatic carbocycles. The van der Waals surface area contributed by atoms with E-state index < -0.39 is 22.0 Å². The largest absolute Gasteiger partial charge is 0.368 e. The first kappa shape index (κ1) is 17.6. The van der Waals surface area contributed by atoms with Crippen LogP contribution >= 0.6 is 0 Å². The van der Waals surface area contributed by atoms with E-state index in [9.17, 15) is 13.2 Å². The molecular formula is C17H16N4O4S. The Morgan fingerprint density at radius 2 is 1.96 bits per heavy atom. The van der Waals surface area contributed by atoms with E-state index in [0.717, 1.165) is 28.3 Å². The van der Waals surface area contributed by atoms with Crippen LogP contribution in [0.15, 0.2) is 59.7 Å². The molecule has 0 bridgehead atoms. The van der Waals surface area contributed by atoms with Crippen molar-refractivity contribution in [2.24, 2.45) is 10.7 Å². The maximum atomic E-state index is 12.3. The van der Waals surface area contributed by atoms with Gasteiger partial charge < -0.3 is 10.7 Å². The van der Waals surface area contributed by atoms with E-state index in [0.29, 0.717) is 5.56 Å². The second-order valence-electron chi connectivity index (χ2n) is 5.52. The minimum atomic E-state index is -3.76. The highest BCUT2D eigenvalue weighted by molar-refractivity contribution is 7.85. The van der Waals surface area contributed by atoms with Crippen LogP contribution in [0.25, 0.3) is 22.0 Å². The van der Waals surface area contributed by atoms with Crippen LogP contribution in [0.5, 0.6) is 0 Å². The highest BCUT2D eigenvalue weighted by Gasteiger charge is 2.10. The van der Waals surface area contributed by atoms with Gasteiger partial charge in [0.05, 0.1) is 6.26 Å². The average molecular weight is 372 g/mol. The SMILES string of the molecule is CS(=O)(=O)ONC(N)=NC(=O)c1cccc(-c2cccc3[nH]ccc23)c1. The molecule has 0 spiro atoms. The number of amides is 1. The van der Waals surface area contributed by atoms with Gasteiger partial charge in [-0.2, -0.15) is 13.4 Å². The van der Waals surface area contributed by atoms with Gasteiger partial charge in [-0.15, -0.1) is 4.28 Å². The number of nitrogens with two attached hydrogens (primary N) is 1. The van der Waals surface area contributed by atoms with E-state index in [1.165, 1.54) is 0 Å². The topological polar surface area (TPSA) is 127 Å². The Morgan fingerprint density at radius 1 is 1.19 bits per heavy atom. The Bertz CT molecular complexity index is 1100. The molecule has 1 aromatic heterocycles. The number of aliphatic imine (C=N–C) groups is 1. The first-order valence-corrected chi connectivity index (χ1v) is 9.34. The van der Waals surface area contributed by atoms with Gasteiger partial charge in [-0.1, -0.05) is 24.3 Å². The fourth-order valence-electron chi connectivity index (χ4n) is 2.47. The standard InChI is InChI=1S/C17H16N4O4S/c1-26(23,24)25-21-17(18)20-16(22)12-5-2-4-11(10-12)13-6-3-7-15-14(13)8-9-19-15/h2-10,19H,1H3,(H3,18,20,21,22). The number of benzene rings is 2. The van der Waals surface area contributed by atoms with E-state index in [1.807, 2.05) is 42.0 Å². The van der Waals surface area contributed by atoms with Gasteiger partial charge in [0.2, 0.25) is 5.96 Å². The molecule has 0 aliphatic carbocycles. The molecule has 9 heteroatoms. The third kappa shape index (κ3) is 4.08. The van der Waals surface area contributed by atoms with Crippen molar-refractivity contribution in [3.05, 3.63) is 60.3 Å². The number of fused-ring (bicyclic) bond motifs is 1. The molecule has 8 nitrogen and oxygen atoms in total. The van der Waals surface area contributed by atoms with Crippen LogP contribution in [-0.4, -0.2) is 31.5 Å². The van der Waals surface area contributed by atoms with Gasteiger partial charge in [-0.25, -0.2) is 5.48 Å². The zero-order chi connectivity index (χ0) is 18.7. The summed E-state index contributed by atoms with van der Waals surface area (Å²) in [6.45, 7) is 0. The Labute approximate surface area is 149 Å². The molecular weight excluding hydrogens is 356 g/mol. The van der Waals surface area contributed by atoms with Gasteiger partial charge in [-0.3, -0.25) is 4.79 Å². The second kappa shape index (κ2) is 6.98. The Balaban J connectivity index is 1.87. The lowest BCUT2D eigenvalue weighted by atomic mass is 10.00. The summed E-state index contributed by atoms with van der Waals surface area (Å²) in [6.07, 6.45) is 2.68. The molecule has 1 amide bonds. The minimum Gasteiger partial charge on any atom is -0.368 e. The third-order valence-electron chi connectivity index (χ3n) is 3.54. The predicted molar refractivity (Wildman–Crippen MR) is 98.8 cm³/mol. The fraction of sp³-hybridized carbons (Fsp3) is 0.0588. The summed E-state index contributed by atoms with van der Waals surface area (Å²) in [6, 6.07) is 14.7. The van der Waals surface area contributed by atoms with Crippen LogP contribution in [0.4, 0.5) is 0 Å². The maximum Gasteiger partial charge on any atom is 0.285 e. The summed E-state index contributed by atoms with van der Waals surface area (Å²) in [7, 11) is -3.76. The van der Waals surface area contributed by atoms with E-state index in [2.05, 4.69) is 14.3 Å². The summed E-state index contributed by atoms with van der Waals surface area (Å²) in [5, 5.41) is 1.03. The van der Waals surface area contributed by atoms with Gasteiger partial charge in [-0.05, 0) is 35.4 Å². The van der Waals surface area contributed by atoms with Gasteiger partial charge in [0.25, 0.3) is 16.0 Å². The molecule has 0 aliphatic rings. The number of carbonyl (C=O) groups is 1. The number of rotatable bonds is 4. The molecule has 0 saturated carbocycles. The zero-order valence-corrected chi connectivity index (χ0v) is 14.6. The quantitative estimate of drug-likeness (QED) is 0.364. The van der Waals surface area contributed by atoms with Crippen molar-refractivity contribution in [2.45, 2.75) is 0 Å². The fourth-order valence-corrected chi connectivity index (χ4v) is 2.71. The molecule has 3 aromatic rings. The van der Waals surface area contributed by atoms with Crippen LogP contribution in [0.2, 0.25) is 0 Å². The molecule has 1 heterocycles. The van der Waals surface area contributed by atoms with Crippen molar-refractivity contribution >= 4 is 32.9 Å². The smallest absolute Gasteiger partial charge is 0.285 e. The lowest BCUT2D eigenvalue weighted by Gasteiger charge is -2.06. The molecule has 134 valence electrons. The molecule has 0 unspecified atom stereocenters. The lowest BCUT2D eigenvalue weighted by molar-refractivity contribution is 0.100. The monoisotopic (exact) mass is 372 g/mol. The second-order valence-corrected chi connectivity index (χ2v) is 7.09. The number of hydrogen-bond donors (Lipinski definition) is 3. The number of guanidine groups is 1. The normalized spacial score (nSPS) is 12.3. The van der Waals surface area contributed by atoms with Crippen molar-refractivity contribution in [1.82, 2.24) is 10.5 Å². The Kier molecular flexibility index (Phi) is 4.74. The van der Waals surface area contributed by atoms with Gasteiger partial charge in [0, 0.05) is 22.7 Å². The van der Waals surface area contributed by atoms with Crippen LogP contribution in [0, 0.1) is 0 Å². The first-order chi connectivity index (χ1) is 12.3. The van der Waals surface area contributed by atoms with Crippen molar-refractivity contribution in [3.63, 3.8) is 0 Å². The lowest BCUT2D eigenvalue weighted by Crippen LogP contribution is -2.34. The van der Waals surface area contributed by atoms with Crippen molar-refractivity contribution < 1.29 is 17.5 Å². The Hall–Kier alpha value is -3.17. The molecule has 0 radical (unpaired) electrons. The van der Waals surface area contributed by atoms with Crippen molar-refractivity contribution in [3.8, 4) is 11.1 Å². The van der Waals surface area contributed by atoms with Crippen LogP contribution in [-0.2, 0) is 14.4 Å². The molecule has 4 N–H and O–H groups in total. The summed E-state index contributed by atoms with van der Waals surface area (Å²) < 4.78 is 26.1. The molecule has 0 aliphatic heterocycles. The van der Waals surface area contributed by atoms with Crippen molar-refractivity contribution in [2.75, 3.05) is 6.26 Å². The van der Waals surface area contributed by atoms with E-state index in [1.54, 1.807) is 18.2 Å². The highest BCUT2D eigenvalue weighted by atomic mass is 32.2. The zero-order valence-electron chi connectivity index (χ0n) is 13.8. The van der Waals surface area contributed by atoms with E-state index in [4.69, 9.17) is 5.73 Å². The van der Waals surface area contributed by atoms with E-state index in [-0.39, 0.29) is 0 Å². The number of hydroxylamine groups is 1. The number of nitrogens with zero attached hydrogens (tertiary/aromatic N) is 1. The number of carbonyl (C=O) groups excluding carboxylic acids is 1. The molecule has 3 rings (SSSR count). The molecule has 26 heavy (non-hydrogen) atoms.